The molecule has 0 aliphatic heterocycles. The van der Waals surface area contributed by atoms with Gasteiger partial charge in [0.05, 0.1) is 22.5 Å². The minimum absolute atomic E-state index is 0.0263. The smallest absolute Gasteiger partial charge is 0.456 e. The van der Waals surface area contributed by atoms with Crippen LogP contribution < -0.4 is 10.6 Å². The molecule has 4 heterocycles. The van der Waals surface area contributed by atoms with Crippen molar-refractivity contribution in [3.05, 3.63) is 42.9 Å². The highest BCUT2D eigenvalue weighted by Gasteiger charge is 2.42. The minimum Gasteiger partial charge on any atom is -0.456 e. The van der Waals surface area contributed by atoms with Gasteiger partial charge in [-0.25, -0.2) is 14.8 Å². The predicted octanol–water partition coefficient (Wildman–Crippen LogP) is 6.21. The van der Waals surface area contributed by atoms with E-state index in [1.807, 2.05) is 49.5 Å². The number of rotatable bonds is 5. The van der Waals surface area contributed by atoms with Crippen molar-refractivity contribution >= 4 is 49.4 Å². The van der Waals surface area contributed by atoms with E-state index in [-0.39, 0.29) is 11.9 Å². The number of nitrogens with zero attached hydrogens (tertiary/aromatic N) is 5. The fourth-order valence-corrected chi connectivity index (χ4v) is 6.06. The molecular formula is C27H25F3N6O3S. The van der Waals surface area contributed by atoms with Crippen molar-refractivity contribution in [1.29, 1.82) is 0 Å². The molecule has 0 spiro atoms. The number of anilines is 2. The maximum atomic E-state index is 12.5. The summed E-state index contributed by atoms with van der Waals surface area (Å²) in [6.07, 6.45) is 1.30. The Labute approximate surface area is 230 Å². The van der Waals surface area contributed by atoms with Gasteiger partial charge in [-0.3, -0.25) is 4.68 Å². The third-order valence-corrected chi connectivity index (χ3v) is 8.35. The lowest BCUT2D eigenvalue weighted by molar-refractivity contribution is -0.206. The van der Waals surface area contributed by atoms with E-state index in [9.17, 15) is 18.0 Å². The summed E-state index contributed by atoms with van der Waals surface area (Å²) >= 11 is 1.58. The third kappa shape index (κ3) is 4.74. The first kappa shape index (κ1) is 26.1. The standard InChI is InChI=1S/C27H25F3N6O3S/c1-35(2)26-34-20-5-3-4-17(23(20)40-26)21-10-18-19(12-32-24(31)22(18)39-21)14-11-33-36(13-14)15-6-8-16(9-7-15)38-25(37)27(28,29)30/h3-5,10-13,15-16H,6-9H2,1-2H3,(H2,31,32). The highest BCUT2D eigenvalue weighted by atomic mass is 32.1. The van der Waals surface area contributed by atoms with Crippen LogP contribution in [0.5, 0.6) is 0 Å². The third-order valence-electron chi connectivity index (χ3n) is 7.07. The van der Waals surface area contributed by atoms with E-state index in [0.717, 1.165) is 37.4 Å². The first-order valence-electron chi connectivity index (χ1n) is 12.7. The molecule has 1 aromatic carbocycles. The maximum Gasteiger partial charge on any atom is 0.490 e. The Bertz CT molecular complexity index is 1720. The second-order valence-electron chi connectivity index (χ2n) is 10.00. The highest BCUT2D eigenvalue weighted by molar-refractivity contribution is 7.22. The molecule has 6 rings (SSSR count). The number of furan rings is 1. The normalized spacial score (nSPS) is 17.9. The first-order chi connectivity index (χ1) is 19.1. The van der Waals surface area contributed by atoms with Gasteiger partial charge in [0.15, 0.2) is 16.5 Å². The largest absolute Gasteiger partial charge is 0.490 e. The van der Waals surface area contributed by atoms with Crippen LogP contribution >= 0.6 is 11.3 Å². The zero-order valence-corrected chi connectivity index (χ0v) is 22.4. The van der Waals surface area contributed by atoms with Gasteiger partial charge in [0.1, 0.15) is 11.9 Å². The fraction of sp³-hybridized carbons (Fsp3) is 0.333. The molecular weight excluding hydrogens is 545 g/mol. The molecule has 13 heteroatoms. The van der Waals surface area contributed by atoms with Crippen LogP contribution in [0.3, 0.4) is 0 Å². The number of thiazole rings is 1. The van der Waals surface area contributed by atoms with Crippen LogP contribution in [0, 0.1) is 0 Å². The van der Waals surface area contributed by atoms with E-state index in [1.54, 1.807) is 28.4 Å². The Balaban J connectivity index is 1.27. The van der Waals surface area contributed by atoms with Crippen molar-refractivity contribution in [2.75, 3.05) is 24.7 Å². The molecule has 0 amide bonds. The number of hydrogen-bond donors (Lipinski definition) is 1. The number of carbonyl (C=O) groups is 1. The molecule has 0 bridgehead atoms. The van der Waals surface area contributed by atoms with Gasteiger partial charge < -0.3 is 19.8 Å². The average Bonchev–Trinajstić information content (AvgIpc) is 3.67. The minimum atomic E-state index is -4.98. The molecule has 0 atom stereocenters. The van der Waals surface area contributed by atoms with Crippen LogP contribution in [0.2, 0.25) is 0 Å². The molecule has 1 aliphatic carbocycles. The number of ether oxygens (including phenoxy) is 1. The number of hydrogen-bond acceptors (Lipinski definition) is 9. The number of nitrogens with two attached hydrogens (primary N) is 1. The Morgan fingerprint density at radius 3 is 2.67 bits per heavy atom. The van der Waals surface area contributed by atoms with Gasteiger partial charge in [-0.2, -0.15) is 18.3 Å². The summed E-state index contributed by atoms with van der Waals surface area (Å²) in [5, 5.41) is 6.20. The van der Waals surface area contributed by atoms with Gasteiger partial charge in [-0.1, -0.05) is 17.4 Å². The maximum absolute atomic E-state index is 12.5. The van der Waals surface area contributed by atoms with Crippen molar-refractivity contribution < 1.29 is 27.1 Å². The Hall–Kier alpha value is -4.13. The summed E-state index contributed by atoms with van der Waals surface area (Å²) in [5.41, 5.74) is 10.1. The van der Waals surface area contributed by atoms with Crippen LogP contribution in [-0.2, 0) is 9.53 Å². The number of carbonyl (C=O) groups excluding carboxylic acids is 1. The molecule has 208 valence electrons. The average molecular weight is 571 g/mol. The number of halogens is 3. The highest BCUT2D eigenvalue weighted by Crippen LogP contribution is 2.41. The van der Waals surface area contributed by atoms with Crippen molar-refractivity contribution in [2.45, 2.75) is 44.0 Å². The van der Waals surface area contributed by atoms with E-state index in [2.05, 4.69) is 14.8 Å². The van der Waals surface area contributed by atoms with Crippen molar-refractivity contribution in [1.82, 2.24) is 19.7 Å². The quantitative estimate of drug-likeness (QED) is 0.249. The van der Waals surface area contributed by atoms with Gasteiger partial charge in [0.2, 0.25) is 0 Å². The lowest BCUT2D eigenvalue weighted by atomic mass is 9.93. The van der Waals surface area contributed by atoms with Crippen LogP contribution in [0.4, 0.5) is 24.1 Å². The van der Waals surface area contributed by atoms with Gasteiger partial charge in [-0.15, -0.1) is 0 Å². The first-order valence-corrected chi connectivity index (χ1v) is 13.5. The van der Waals surface area contributed by atoms with E-state index >= 15 is 0 Å². The van der Waals surface area contributed by atoms with Gasteiger partial charge in [0.25, 0.3) is 0 Å². The molecule has 2 N–H and O–H groups in total. The summed E-state index contributed by atoms with van der Waals surface area (Å²) in [7, 11) is 3.90. The van der Waals surface area contributed by atoms with Crippen molar-refractivity contribution in [3.8, 4) is 22.5 Å². The lowest BCUT2D eigenvalue weighted by Gasteiger charge is -2.28. The van der Waals surface area contributed by atoms with Crippen LogP contribution in [0.1, 0.15) is 31.7 Å². The second-order valence-corrected chi connectivity index (χ2v) is 11.0. The Morgan fingerprint density at radius 2 is 1.95 bits per heavy atom. The number of esters is 1. The van der Waals surface area contributed by atoms with E-state index in [1.165, 1.54) is 0 Å². The molecule has 0 saturated heterocycles. The molecule has 1 aliphatic rings. The van der Waals surface area contributed by atoms with Crippen LogP contribution in [0.15, 0.2) is 47.3 Å². The van der Waals surface area contributed by atoms with E-state index in [4.69, 9.17) is 15.1 Å². The van der Waals surface area contributed by atoms with Gasteiger partial charge in [-0.05, 0) is 43.9 Å². The summed E-state index contributed by atoms with van der Waals surface area (Å²) in [6.45, 7) is 0. The molecule has 0 unspecified atom stereocenters. The van der Waals surface area contributed by atoms with Crippen LogP contribution in [-0.4, -0.2) is 52.1 Å². The molecule has 4 aromatic heterocycles. The summed E-state index contributed by atoms with van der Waals surface area (Å²) in [6, 6.07) is 7.82. The molecule has 40 heavy (non-hydrogen) atoms. The van der Waals surface area contributed by atoms with E-state index in [0.29, 0.717) is 37.0 Å². The van der Waals surface area contributed by atoms with Crippen molar-refractivity contribution in [2.24, 2.45) is 0 Å². The Kier molecular flexibility index (Phi) is 6.40. The zero-order chi connectivity index (χ0) is 28.2. The summed E-state index contributed by atoms with van der Waals surface area (Å²) in [5.74, 6) is -1.22. The number of benzene rings is 1. The SMILES string of the molecule is CN(C)c1nc2cccc(-c3cc4c(-c5cnn(C6CCC(OC(=O)C(F)(F)F)CC6)c5)cnc(N)c4o3)c2s1. The lowest BCUT2D eigenvalue weighted by Crippen LogP contribution is -2.32. The fourth-order valence-electron chi connectivity index (χ4n) is 5.05. The van der Waals surface area contributed by atoms with Gasteiger partial charge in [0, 0.05) is 48.6 Å². The molecule has 5 aromatic rings. The predicted molar refractivity (Wildman–Crippen MR) is 146 cm³/mol. The second kappa shape index (κ2) is 9.81. The number of pyridine rings is 1. The Morgan fingerprint density at radius 1 is 1.18 bits per heavy atom. The molecule has 9 nitrogen and oxygen atoms in total. The number of fused-ring (bicyclic) bond motifs is 2. The van der Waals surface area contributed by atoms with Crippen LogP contribution in [0.25, 0.3) is 43.6 Å². The van der Waals surface area contributed by atoms with E-state index < -0.39 is 18.2 Å². The topological polar surface area (TPSA) is 112 Å². The number of nitrogen functional groups attached to an aromatic ring is 1. The summed E-state index contributed by atoms with van der Waals surface area (Å²) in [4.78, 5) is 22.2. The monoisotopic (exact) mass is 570 g/mol. The van der Waals surface area contributed by atoms with Gasteiger partial charge >= 0.3 is 12.1 Å². The molecule has 1 saturated carbocycles. The summed E-state index contributed by atoms with van der Waals surface area (Å²) < 4.78 is 51.3. The number of aromatic nitrogens is 4. The zero-order valence-electron chi connectivity index (χ0n) is 21.6. The number of alkyl halides is 3. The molecule has 1 fully saturated rings. The molecule has 0 radical (unpaired) electrons. The van der Waals surface area contributed by atoms with Crippen molar-refractivity contribution in [3.63, 3.8) is 0 Å².